The van der Waals surface area contributed by atoms with Crippen molar-refractivity contribution >= 4 is 11.8 Å². The van der Waals surface area contributed by atoms with Crippen molar-refractivity contribution in [2.45, 2.75) is 37.8 Å². The molecule has 19 heavy (non-hydrogen) atoms. The molecule has 2 amide bonds. The minimum atomic E-state index is -0.273. The number of likely N-dealkylation sites (tertiary alicyclic amines) is 1. The van der Waals surface area contributed by atoms with Gasteiger partial charge in [0.15, 0.2) is 0 Å². The van der Waals surface area contributed by atoms with Crippen molar-refractivity contribution < 1.29 is 9.59 Å². The fraction of sp³-hybridized carbons (Fsp3) is 0.857. The molecule has 0 spiro atoms. The number of rotatable bonds is 2. The topological polar surface area (TPSA) is 52.7 Å². The van der Waals surface area contributed by atoms with Crippen LogP contribution >= 0.6 is 0 Å². The Labute approximate surface area is 114 Å². The Bertz CT molecular complexity index is 384. The average Bonchev–Trinajstić information content (AvgIpc) is 2.97. The highest BCUT2D eigenvalue weighted by atomic mass is 16.2. The van der Waals surface area contributed by atoms with Gasteiger partial charge in [0.25, 0.3) is 0 Å². The average molecular weight is 265 g/mol. The van der Waals surface area contributed by atoms with Gasteiger partial charge in [-0.15, -0.1) is 0 Å². The van der Waals surface area contributed by atoms with E-state index in [0.717, 1.165) is 32.4 Å². The van der Waals surface area contributed by atoms with Gasteiger partial charge in [-0.25, -0.2) is 0 Å². The van der Waals surface area contributed by atoms with Crippen LogP contribution in [0.5, 0.6) is 0 Å². The molecule has 2 heterocycles. The van der Waals surface area contributed by atoms with Gasteiger partial charge in [-0.05, 0) is 38.8 Å². The molecule has 1 aliphatic carbocycles. The van der Waals surface area contributed by atoms with Gasteiger partial charge in [0.05, 0.1) is 0 Å². The first-order valence-electron chi connectivity index (χ1n) is 7.32. The molecule has 1 N–H and O–H groups in total. The van der Waals surface area contributed by atoms with E-state index in [-0.39, 0.29) is 17.9 Å². The van der Waals surface area contributed by atoms with Crippen molar-refractivity contribution in [3.8, 4) is 0 Å². The zero-order chi connectivity index (χ0) is 13.6. The second-order valence-corrected chi connectivity index (χ2v) is 6.39. The number of piperidine rings is 1. The SMILES string of the molecule is CN(C)C1[C@H]2CN(C(=O)C3CCCCC(=O)N3)C[C@@H]12. The molecule has 0 aromatic rings. The lowest BCUT2D eigenvalue weighted by Crippen LogP contribution is -2.48. The number of amides is 2. The number of hydrogen-bond acceptors (Lipinski definition) is 3. The minimum absolute atomic E-state index is 0.0337. The highest BCUT2D eigenvalue weighted by Gasteiger charge is 2.58. The maximum absolute atomic E-state index is 12.4. The summed E-state index contributed by atoms with van der Waals surface area (Å²) >= 11 is 0. The van der Waals surface area contributed by atoms with E-state index in [1.807, 2.05) is 4.90 Å². The summed E-state index contributed by atoms with van der Waals surface area (Å²) in [5.41, 5.74) is 0. The third kappa shape index (κ3) is 2.36. The second-order valence-electron chi connectivity index (χ2n) is 6.39. The zero-order valence-electron chi connectivity index (χ0n) is 11.8. The highest BCUT2D eigenvalue weighted by molar-refractivity contribution is 5.88. The Morgan fingerprint density at radius 3 is 2.58 bits per heavy atom. The van der Waals surface area contributed by atoms with Crippen molar-refractivity contribution in [1.82, 2.24) is 15.1 Å². The molecule has 2 aliphatic heterocycles. The van der Waals surface area contributed by atoms with Crippen LogP contribution in [0.25, 0.3) is 0 Å². The molecule has 3 aliphatic rings. The summed E-state index contributed by atoms with van der Waals surface area (Å²) in [6.45, 7) is 1.75. The van der Waals surface area contributed by atoms with Gasteiger partial charge in [-0.2, -0.15) is 0 Å². The quantitative estimate of drug-likeness (QED) is 0.768. The Hall–Kier alpha value is -1.10. The van der Waals surface area contributed by atoms with E-state index in [1.165, 1.54) is 0 Å². The largest absolute Gasteiger partial charge is 0.344 e. The number of fused-ring (bicyclic) bond motifs is 1. The van der Waals surface area contributed by atoms with Gasteiger partial charge in [0.1, 0.15) is 6.04 Å². The van der Waals surface area contributed by atoms with Crippen LogP contribution in [0, 0.1) is 11.8 Å². The van der Waals surface area contributed by atoms with Crippen LogP contribution in [0.2, 0.25) is 0 Å². The van der Waals surface area contributed by atoms with E-state index in [2.05, 4.69) is 24.3 Å². The molecule has 0 bridgehead atoms. The van der Waals surface area contributed by atoms with E-state index >= 15 is 0 Å². The number of carbonyl (C=O) groups is 2. The molecular formula is C14H23N3O2. The van der Waals surface area contributed by atoms with Gasteiger partial charge in [0, 0.05) is 25.6 Å². The molecule has 2 saturated heterocycles. The number of carbonyl (C=O) groups excluding carboxylic acids is 2. The first-order chi connectivity index (χ1) is 9.08. The van der Waals surface area contributed by atoms with Crippen LogP contribution < -0.4 is 5.32 Å². The molecule has 3 fully saturated rings. The summed E-state index contributed by atoms with van der Waals surface area (Å²) in [7, 11) is 4.22. The molecule has 5 nitrogen and oxygen atoms in total. The number of hydrogen-bond donors (Lipinski definition) is 1. The van der Waals surface area contributed by atoms with Crippen LogP contribution in [0.15, 0.2) is 0 Å². The fourth-order valence-corrected chi connectivity index (χ4v) is 3.82. The van der Waals surface area contributed by atoms with E-state index in [9.17, 15) is 9.59 Å². The van der Waals surface area contributed by atoms with Crippen LogP contribution in [-0.4, -0.2) is 60.9 Å². The lowest BCUT2D eigenvalue weighted by Gasteiger charge is -2.26. The standard InChI is InChI=1S/C14H23N3O2/c1-16(2)13-9-7-17(8-10(9)13)14(19)11-5-3-4-6-12(18)15-11/h9-11,13H,3-8H2,1-2H3,(H,15,18)/t9-,10+,11?,13?. The summed E-state index contributed by atoms with van der Waals surface area (Å²) in [4.78, 5) is 28.2. The molecule has 5 heteroatoms. The van der Waals surface area contributed by atoms with Gasteiger partial charge >= 0.3 is 0 Å². The maximum Gasteiger partial charge on any atom is 0.245 e. The molecule has 3 rings (SSSR count). The van der Waals surface area contributed by atoms with Crippen molar-refractivity contribution in [2.75, 3.05) is 27.2 Å². The van der Waals surface area contributed by atoms with Gasteiger partial charge < -0.3 is 15.1 Å². The lowest BCUT2D eigenvalue weighted by atomic mass is 10.1. The van der Waals surface area contributed by atoms with E-state index in [1.54, 1.807) is 0 Å². The second kappa shape index (κ2) is 4.78. The van der Waals surface area contributed by atoms with Crippen molar-refractivity contribution in [3.63, 3.8) is 0 Å². The Balaban J connectivity index is 1.56. The molecule has 2 unspecified atom stereocenters. The predicted octanol–water partition coefficient (Wildman–Crippen LogP) is 0.0636. The van der Waals surface area contributed by atoms with E-state index < -0.39 is 0 Å². The first-order valence-corrected chi connectivity index (χ1v) is 7.32. The fourth-order valence-electron chi connectivity index (χ4n) is 3.82. The van der Waals surface area contributed by atoms with Gasteiger partial charge in [0.2, 0.25) is 11.8 Å². The van der Waals surface area contributed by atoms with Gasteiger partial charge in [-0.1, -0.05) is 6.42 Å². The monoisotopic (exact) mass is 265 g/mol. The molecule has 106 valence electrons. The van der Waals surface area contributed by atoms with Crippen molar-refractivity contribution in [2.24, 2.45) is 11.8 Å². The van der Waals surface area contributed by atoms with E-state index in [4.69, 9.17) is 0 Å². The van der Waals surface area contributed by atoms with Crippen LogP contribution in [0.4, 0.5) is 0 Å². The van der Waals surface area contributed by atoms with Crippen LogP contribution in [0.1, 0.15) is 25.7 Å². The predicted molar refractivity (Wildman–Crippen MR) is 71.4 cm³/mol. The molecule has 1 saturated carbocycles. The third-order valence-corrected chi connectivity index (χ3v) is 4.84. The first kappa shape index (κ1) is 12.9. The van der Waals surface area contributed by atoms with Crippen molar-refractivity contribution in [3.05, 3.63) is 0 Å². The van der Waals surface area contributed by atoms with Crippen molar-refractivity contribution in [1.29, 1.82) is 0 Å². The smallest absolute Gasteiger partial charge is 0.245 e. The summed E-state index contributed by atoms with van der Waals surface area (Å²) in [6.07, 6.45) is 3.24. The number of nitrogens with one attached hydrogen (secondary N) is 1. The van der Waals surface area contributed by atoms with Crippen LogP contribution in [-0.2, 0) is 9.59 Å². The zero-order valence-corrected chi connectivity index (χ0v) is 11.8. The van der Waals surface area contributed by atoms with E-state index in [0.29, 0.717) is 24.3 Å². The molecule has 0 aromatic heterocycles. The normalized spacial score (nSPS) is 37.8. The molecule has 0 aromatic carbocycles. The third-order valence-electron chi connectivity index (χ3n) is 4.84. The Morgan fingerprint density at radius 1 is 1.26 bits per heavy atom. The molecule has 4 atom stereocenters. The Kier molecular flexibility index (Phi) is 3.25. The molecular weight excluding hydrogens is 242 g/mol. The Morgan fingerprint density at radius 2 is 1.95 bits per heavy atom. The highest BCUT2D eigenvalue weighted by Crippen LogP contribution is 2.48. The lowest BCUT2D eigenvalue weighted by molar-refractivity contribution is -0.135. The maximum atomic E-state index is 12.4. The summed E-state index contributed by atoms with van der Waals surface area (Å²) < 4.78 is 0. The number of nitrogens with zero attached hydrogens (tertiary/aromatic N) is 2. The molecule has 0 radical (unpaired) electrons. The minimum Gasteiger partial charge on any atom is -0.344 e. The summed E-state index contributed by atoms with van der Waals surface area (Å²) in [5, 5.41) is 2.88. The summed E-state index contributed by atoms with van der Waals surface area (Å²) in [6, 6.07) is 0.387. The summed E-state index contributed by atoms with van der Waals surface area (Å²) in [5.74, 6) is 1.48. The van der Waals surface area contributed by atoms with Gasteiger partial charge in [-0.3, -0.25) is 9.59 Å². The van der Waals surface area contributed by atoms with Crippen LogP contribution in [0.3, 0.4) is 0 Å².